The van der Waals surface area contributed by atoms with Crippen molar-refractivity contribution in [3.05, 3.63) is 57.6 Å². The van der Waals surface area contributed by atoms with Crippen molar-refractivity contribution >= 4 is 34.8 Å². The number of nitrogens with zero attached hydrogens (tertiary/aromatic N) is 2. The van der Waals surface area contributed by atoms with E-state index in [1.54, 1.807) is 32.0 Å². The number of nitrogens with one attached hydrogen (secondary N) is 2. The third-order valence-corrected chi connectivity index (χ3v) is 4.51. The largest absolute Gasteiger partial charge is 0.482 e. The van der Waals surface area contributed by atoms with Gasteiger partial charge in [0.05, 0.1) is 10.6 Å². The minimum Gasteiger partial charge on any atom is -0.482 e. The highest BCUT2D eigenvalue weighted by molar-refractivity contribution is 6.05. The number of nitro benzene ring substituents is 1. The summed E-state index contributed by atoms with van der Waals surface area (Å²) in [4.78, 5) is 48.6. The molecule has 10 heteroatoms. The highest BCUT2D eigenvalue weighted by Gasteiger charge is 2.29. The zero-order valence-electron chi connectivity index (χ0n) is 16.4. The van der Waals surface area contributed by atoms with E-state index in [2.05, 4.69) is 10.6 Å². The lowest BCUT2D eigenvalue weighted by Crippen LogP contribution is -2.43. The van der Waals surface area contributed by atoms with Crippen molar-refractivity contribution < 1.29 is 24.0 Å². The first-order valence-corrected chi connectivity index (χ1v) is 9.20. The smallest absolute Gasteiger partial charge is 0.271 e. The van der Waals surface area contributed by atoms with Crippen LogP contribution < -0.4 is 20.3 Å². The van der Waals surface area contributed by atoms with Gasteiger partial charge >= 0.3 is 0 Å². The second-order valence-electron chi connectivity index (χ2n) is 6.62. The highest BCUT2D eigenvalue weighted by Crippen LogP contribution is 2.35. The maximum atomic E-state index is 12.6. The van der Waals surface area contributed by atoms with Crippen molar-refractivity contribution in [2.75, 3.05) is 29.9 Å². The van der Waals surface area contributed by atoms with Gasteiger partial charge in [0.1, 0.15) is 12.3 Å². The predicted molar refractivity (Wildman–Crippen MR) is 109 cm³/mol. The van der Waals surface area contributed by atoms with Gasteiger partial charge in [-0.05, 0) is 37.6 Å². The van der Waals surface area contributed by atoms with Gasteiger partial charge in [0.2, 0.25) is 5.91 Å². The van der Waals surface area contributed by atoms with Crippen LogP contribution in [-0.4, -0.2) is 42.3 Å². The number of non-ortho nitro benzene ring substituents is 1. The Morgan fingerprint density at radius 1 is 1.23 bits per heavy atom. The van der Waals surface area contributed by atoms with E-state index < -0.39 is 16.7 Å². The standard InChI is InChI=1S/C20H20N4O6/c1-3-21-20(27)13-5-4-12(2)15(8-13)22-18(25)10-23-16-9-14(24(28)29)6-7-17(16)30-11-19(23)26/h4-9H,3,10-11H2,1-2H3,(H,21,27)(H,22,25). The van der Waals surface area contributed by atoms with Crippen LogP contribution in [0.2, 0.25) is 0 Å². The molecule has 10 nitrogen and oxygen atoms in total. The number of ether oxygens (including phenoxy) is 1. The summed E-state index contributed by atoms with van der Waals surface area (Å²) in [6, 6.07) is 8.77. The Labute approximate surface area is 172 Å². The summed E-state index contributed by atoms with van der Waals surface area (Å²) in [5.41, 5.74) is 1.50. The molecule has 156 valence electrons. The first-order chi connectivity index (χ1) is 14.3. The molecule has 3 rings (SSSR count). The fourth-order valence-corrected chi connectivity index (χ4v) is 2.97. The first-order valence-electron chi connectivity index (χ1n) is 9.20. The molecule has 2 aromatic carbocycles. The Hall–Kier alpha value is -3.95. The second-order valence-corrected chi connectivity index (χ2v) is 6.62. The van der Waals surface area contributed by atoms with Gasteiger partial charge < -0.3 is 15.4 Å². The third kappa shape index (κ3) is 4.37. The molecule has 3 amide bonds. The first kappa shape index (κ1) is 20.8. The van der Waals surface area contributed by atoms with E-state index in [1.807, 2.05) is 0 Å². The number of carbonyl (C=O) groups excluding carboxylic acids is 3. The number of aryl methyl sites for hydroxylation is 1. The van der Waals surface area contributed by atoms with Crippen LogP contribution in [0.3, 0.4) is 0 Å². The molecule has 2 N–H and O–H groups in total. The van der Waals surface area contributed by atoms with Gasteiger partial charge in [0.25, 0.3) is 17.5 Å². The van der Waals surface area contributed by atoms with Crippen LogP contribution in [0.5, 0.6) is 5.75 Å². The zero-order valence-corrected chi connectivity index (χ0v) is 16.4. The maximum Gasteiger partial charge on any atom is 0.271 e. The van der Waals surface area contributed by atoms with Crippen LogP contribution in [0.15, 0.2) is 36.4 Å². The van der Waals surface area contributed by atoms with Gasteiger partial charge in [0.15, 0.2) is 6.61 Å². The number of anilines is 2. The fraction of sp³-hybridized carbons (Fsp3) is 0.250. The van der Waals surface area contributed by atoms with E-state index in [0.29, 0.717) is 17.8 Å². The second kappa shape index (κ2) is 8.60. The van der Waals surface area contributed by atoms with E-state index in [-0.39, 0.29) is 36.2 Å². The van der Waals surface area contributed by atoms with Crippen molar-refractivity contribution in [1.82, 2.24) is 5.32 Å². The minimum atomic E-state index is -0.589. The fourth-order valence-electron chi connectivity index (χ4n) is 2.97. The molecular formula is C20H20N4O6. The predicted octanol–water partition coefficient (Wildman–Crippen LogP) is 2.02. The number of rotatable bonds is 6. The van der Waals surface area contributed by atoms with Crippen LogP contribution in [0.1, 0.15) is 22.8 Å². The van der Waals surface area contributed by atoms with E-state index in [1.165, 1.54) is 18.2 Å². The zero-order chi connectivity index (χ0) is 21.8. The Morgan fingerprint density at radius 2 is 2.00 bits per heavy atom. The van der Waals surface area contributed by atoms with Crippen molar-refractivity contribution in [1.29, 1.82) is 0 Å². The van der Waals surface area contributed by atoms with Crippen LogP contribution in [-0.2, 0) is 9.59 Å². The van der Waals surface area contributed by atoms with Crippen LogP contribution in [0, 0.1) is 17.0 Å². The van der Waals surface area contributed by atoms with E-state index in [9.17, 15) is 24.5 Å². The van der Waals surface area contributed by atoms with Crippen molar-refractivity contribution in [3.8, 4) is 5.75 Å². The molecule has 2 aromatic rings. The topological polar surface area (TPSA) is 131 Å². The van der Waals surface area contributed by atoms with Crippen LogP contribution >= 0.6 is 0 Å². The van der Waals surface area contributed by atoms with Crippen LogP contribution in [0.25, 0.3) is 0 Å². The highest BCUT2D eigenvalue weighted by atomic mass is 16.6. The van der Waals surface area contributed by atoms with Crippen LogP contribution in [0.4, 0.5) is 17.1 Å². The lowest BCUT2D eigenvalue weighted by atomic mass is 10.1. The maximum absolute atomic E-state index is 12.6. The number of fused-ring (bicyclic) bond motifs is 1. The molecule has 0 unspecified atom stereocenters. The van der Waals surface area contributed by atoms with Gasteiger partial charge in [-0.2, -0.15) is 0 Å². The minimum absolute atomic E-state index is 0.156. The normalized spacial score (nSPS) is 12.6. The SMILES string of the molecule is CCNC(=O)c1ccc(C)c(NC(=O)CN2C(=O)COc3ccc([N+](=O)[O-])cc32)c1. The van der Waals surface area contributed by atoms with Gasteiger partial charge in [-0.15, -0.1) is 0 Å². The Bertz CT molecular complexity index is 1040. The summed E-state index contributed by atoms with van der Waals surface area (Å²) in [7, 11) is 0. The lowest BCUT2D eigenvalue weighted by molar-refractivity contribution is -0.384. The van der Waals surface area contributed by atoms with Gasteiger partial charge in [0, 0.05) is 29.9 Å². The molecular weight excluding hydrogens is 392 g/mol. The van der Waals surface area contributed by atoms with Gasteiger partial charge in [-0.25, -0.2) is 0 Å². The molecule has 0 fully saturated rings. The number of benzene rings is 2. The molecule has 0 spiro atoms. The third-order valence-electron chi connectivity index (χ3n) is 4.51. The Balaban J connectivity index is 1.81. The van der Waals surface area contributed by atoms with E-state index >= 15 is 0 Å². The molecule has 0 radical (unpaired) electrons. The van der Waals surface area contributed by atoms with E-state index in [4.69, 9.17) is 4.74 Å². The molecule has 1 aliphatic heterocycles. The summed E-state index contributed by atoms with van der Waals surface area (Å²) in [6.45, 7) is 3.41. The quantitative estimate of drug-likeness (QED) is 0.551. The number of hydrogen-bond acceptors (Lipinski definition) is 6. The van der Waals surface area contributed by atoms with Gasteiger partial charge in [-0.3, -0.25) is 29.4 Å². The van der Waals surface area contributed by atoms with Gasteiger partial charge in [-0.1, -0.05) is 6.07 Å². The monoisotopic (exact) mass is 412 g/mol. The molecule has 0 saturated carbocycles. The molecule has 1 aliphatic rings. The molecule has 0 aromatic heterocycles. The number of carbonyl (C=O) groups is 3. The molecule has 30 heavy (non-hydrogen) atoms. The lowest BCUT2D eigenvalue weighted by Gasteiger charge is -2.28. The molecule has 0 aliphatic carbocycles. The number of nitro groups is 1. The van der Waals surface area contributed by atoms with Crippen molar-refractivity contribution in [2.45, 2.75) is 13.8 Å². The average molecular weight is 412 g/mol. The molecule has 1 heterocycles. The molecule has 0 bridgehead atoms. The summed E-state index contributed by atoms with van der Waals surface area (Å²) in [6.07, 6.45) is 0. The Kier molecular flexibility index (Phi) is 5.95. The van der Waals surface area contributed by atoms with E-state index in [0.717, 1.165) is 10.5 Å². The number of amides is 3. The summed E-state index contributed by atoms with van der Waals surface area (Å²) >= 11 is 0. The summed E-state index contributed by atoms with van der Waals surface area (Å²) in [5, 5.41) is 16.4. The summed E-state index contributed by atoms with van der Waals surface area (Å²) < 4.78 is 5.29. The Morgan fingerprint density at radius 3 is 2.70 bits per heavy atom. The number of hydrogen-bond donors (Lipinski definition) is 2. The molecule has 0 atom stereocenters. The van der Waals surface area contributed by atoms with Crippen molar-refractivity contribution in [3.63, 3.8) is 0 Å². The average Bonchev–Trinajstić information content (AvgIpc) is 2.71. The molecule has 0 saturated heterocycles. The summed E-state index contributed by atoms with van der Waals surface area (Å²) in [5.74, 6) is -0.996. The van der Waals surface area contributed by atoms with Crippen molar-refractivity contribution in [2.24, 2.45) is 0 Å².